The van der Waals surface area contributed by atoms with Gasteiger partial charge in [0, 0.05) is 11.6 Å². The molecule has 25 heavy (non-hydrogen) atoms. The maximum absolute atomic E-state index is 9.19. The van der Waals surface area contributed by atoms with E-state index in [-0.39, 0.29) is 0 Å². The van der Waals surface area contributed by atoms with Crippen LogP contribution in [0.15, 0.2) is 22.6 Å². The summed E-state index contributed by atoms with van der Waals surface area (Å²) in [6.07, 6.45) is 2.24. The molecule has 2 aromatic rings. The van der Waals surface area contributed by atoms with Crippen LogP contribution in [-0.4, -0.2) is 29.5 Å². The van der Waals surface area contributed by atoms with Gasteiger partial charge in [0.25, 0.3) is 0 Å². The molecule has 1 saturated heterocycles. The molecule has 132 valence electrons. The number of anilines is 1. The Morgan fingerprint density at radius 2 is 2.12 bits per heavy atom. The fourth-order valence-corrected chi connectivity index (χ4v) is 3.33. The Hall–Kier alpha value is -2.03. The highest BCUT2D eigenvalue weighted by Gasteiger charge is 2.21. The van der Waals surface area contributed by atoms with Crippen LogP contribution >= 0.6 is 11.6 Å². The molecule has 1 aliphatic rings. The van der Waals surface area contributed by atoms with Crippen LogP contribution in [0.5, 0.6) is 0 Å². The normalized spacial score (nSPS) is 15.9. The summed E-state index contributed by atoms with van der Waals surface area (Å²) >= 11 is 6.03. The van der Waals surface area contributed by atoms with E-state index in [1.807, 2.05) is 19.9 Å². The molecular weight excluding hydrogens is 336 g/mol. The highest BCUT2D eigenvalue weighted by molar-refractivity contribution is 6.30. The topological polar surface area (TPSA) is 65.1 Å². The Balaban J connectivity index is 1.48. The molecule has 5 nitrogen and oxygen atoms in total. The summed E-state index contributed by atoms with van der Waals surface area (Å²) in [5.74, 6) is 2.31. The number of likely N-dealkylation sites (tertiary alicyclic amines) is 1. The number of oxazole rings is 1. The lowest BCUT2D eigenvalue weighted by atomic mass is 9.96. The number of piperidine rings is 1. The number of nitriles is 1. The molecule has 0 amide bonds. The molecule has 0 radical (unpaired) electrons. The summed E-state index contributed by atoms with van der Waals surface area (Å²) in [6, 6.07) is 7.53. The standard InChI is InChI=1S/C19H23ClN4O/c1-13-14(2)25-19(23-13)12-24-7-5-15(6-8-24)11-22-18-9-17(20)4-3-16(18)10-21/h3-4,9,15,22H,5-8,11-12H2,1-2H3. The van der Waals surface area contributed by atoms with E-state index in [1.54, 1.807) is 12.1 Å². The van der Waals surface area contributed by atoms with Gasteiger partial charge >= 0.3 is 0 Å². The zero-order chi connectivity index (χ0) is 17.8. The average molecular weight is 359 g/mol. The van der Waals surface area contributed by atoms with Crippen LogP contribution in [0.2, 0.25) is 5.02 Å². The summed E-state index contributed by atoms with van der Waals surface area (Å²) in [6.45, 7) is 7.64. The Bertz CT molecular complexity index is 753. The molecule has 1 aliphatic heterocycles. The Kier molecular flexibility index (Phi) is 5.62. The smallest absolute Gasteiger partial charge is 0.208 e. The van der Waals surface area contributed by atoms with Gasteiger partial charge in [0.2, 0.25) is 5.89 Å². The second-order valence-electron chi connectivity index (χ2n) is 6.65. The van der Waals surface area contributed by atoms with Crippen molar-refractivity contribution in [3.8, 4) is 6.07 Å². The first-order valence-electron chi connectivity index (χ1n) is 8.64. The summed E-state index contributed by atoms with van der Waals surface area (Å²) in [7, 11) is 0. The number of aromatic nitrogens is 1. The maximum atomic E-state index is 9.19. The van der Waals surface area contributed by atoms with Gasteiger partial charge in [-0.25, -0.2) is 4.98 Å². The molecule has 0 saturated carbocycles. The zero-order valence-corrected chi connectivity index (χ0v) is 15.4. The molecule has 0 spiro atoms. The molecule has 1 N–H and O–H groups in total. The van der Waals surface area contributed by atoms with Crippen LogP contribution in [0.1, 0.15) is 35.7 Å². The van der Waals surface area contributed by atoms with Crippen LogP contribution in [0.4, 0.5) is 5.69 Å². The van der Waals surface area contributed by atoms with E-state index in [4.69, 9.17) is 16.0 Å². The summed E-state index contributed by atoms with van der Waals surface area (Å²) < 4.78 is 5.68. The van der Waals surface area contributed by atoms with Gasteiger partial charge < -0.3 is 9.73 Å². The highest BCUT2D eigenvalue weighted by atomic mass is 35.5. The predicted molar refractivity (Wildman–Crippen MR) is 98.6 cm³/mol. The molecular formula is C19H23ClN4O. The van der Waals surface area contributed by atoms with E-state index in [0.29, 0.717) is 16.5 Å². The van der Waals surface area contributed by atoms with Crippen molar-refractivity contribution in [3.05, 3.63) is 46.1 Å². The molecule has 6 heteroatoms. The SMILES string of the molecule is Cc1nc(CN2CCC(CNc3cc(Cl)ccc3C#N)CC2)oc1C. The van der Waals surface area contributed by atoms with Gasteiger partial charge in [0.1, 0.15) is 11.8 Å². The van der Waals surface area contributed by atoms with Crippen molar-refractivity contribution in [3.63, 3.8) is 0 Å². The van der Waals surface area contributed by atoms with E-state index < -0.39 is 0 Å². The van der Waals surface area contributed by atoms with E-state index in [1.165, 1.54) is 0 Å². The lowest BCUT2D eigenvalue weighted by Crippen LogP contribution is -2.35. The second-order valence-corrected chi connectivity index (χ2v) is 7.09. The quantitative estimate of drug-likeness (QED) is 0.870. The molecule has 0 aliphatic carbocycles. The maximum Gasteiger partial charge on any atom is 0.208 e. The van der Waals surface area contributed by atoms with E-state index >= 15 is 0 Å². The van der Waals surface area contributed by atoms with Gasteiger partial charge in [-0.1, -0.05) is 11.6 Å². The van der Waals surface area contributed by atoms with Crippen molar-refractivity contribution >= 4 is 17.3 Å². The number of halogens is 1. The molecule has 1 aromatic carbocycles. The van der Waals surface area contributed by atoms with Gasteiger partial charge in [0.15, 0.2) is 0 Å². The minimum Gasteiger partial charge on any atom is -0.444 e. The first-order chi connectivity index (χ1) is 12.0. The fraction of sp³-hybridized carbons (Fsp3) is 0.474. The van der Waals surface area contributed by atoms with Gasteiger partial charge in [-0.05, 0) is 63.9 Å². The third-order valence-corrected chi connectivity index (χ3v) is 5.06. The molecule has 3 rings (SSSR count). The average Bonchev–Trinajstić information content (AvgIpc) is 2.92. The lowest BCUT2D eigenvalue weighted by Gasteiger charge is -2.31. The number of aryl methyl sites for hydroxylation is 2. The molecule has 0 atom stereocenters. The monoisotopic (exact) mass is 358 g/mol. The summed E-state index contributed by atoms with van der Waals surface area (Å²) in [5.41, 5.74) is 2.43. The zero-order valence-electron chi connectivity index (χ0n) is 14.7. The first kappa shape index (κ1) is 17.8. The van der Waals surface area contributed by atoms with Crippen LogP contribution in [-0.2, 0) is 6.54 Å². The number of rotatable bonds is 5. The molecule has 1 fully saturated rings. The number of nitrogens with one attached hydrogen (secondary N) is 1. The Labute approximate surface area is 153 Å². The van der Waals surface area contributed by atoms with Crippen molar-refractivity contribution in [2.45, 2.75) is 33.2 Å². The predicted octanol–water partition coefficient (Wildman–Crippen LogP) is 4.14. The van der Waals surface area contributed by atoms with Crippen molar-refractivity contribution in [1.82, 2.24) is 9.88 Å². The van der Waals surface area contributed by atoms with Crippen molar-refractivity contribution in [1.29, 1.82) is 5.26 Å². The molecule has 2 heterocycles. The molecule has 0 unspecified atom stereocenters. The number of hydrogen-bond acceptors (Lipinski definition) is 5. The largest absolute Gasteiger partial charge is 0.444 e. The van der Waals surface area contributed by atoms with Gasteiger partial charge in [-0.15, -0.1) is 0 Å². The minimum atomic E-state index is 0.592. The van der Waals surface area contributed by atoms with Crippen LogP contribution in [0, 0.1) is 31.1 Å². The third kappa shape index (κ3) is 4.53. The number of nitrogens with zero attached hydrogens (tertiary/aromatic N) is 3. The van der Waals surface area contributed by atoms with Gasteiger partial charge in [-0.3, -0.25) is 4.90 Å². The summed E-state index contributed by atoms with van der Waals surface area (Å²) in [5, 5.41) is 13.2. The molecule has 0 bridgehead atoms. The van der Waals surface area contributed by atoms with Crippen LogP contribution in [0.25, 0.3) is 0 Å². The van der Waals surface area contributed by atoms with Crippen molar-refractivity contribution in [2.75, 3.05) is 25.0 Å². The van der Waals surface area contributed by atoms with E-state index in [9.17, 15) is 5.26 Å². The Morgan fingerprint density at radius 1 is 1.36 bits per heavy atom. The Morgan fingerprint density at radius 3 is 2.76 bits per heavy atom. The van der Waals surface area contributed by atoms with Gasteiger partial charge in [0.05, 0.1) is 23.5 Å². The fourth-order valence-electron chi connectivity index (χ4n) is 3.16. The second kappa shape index (κ2) is 7.90. The van der Waals surface area contributed by atoms with E-state index in [0.717, 1.165) is 62.1 Å². The first-order valence-corrected chi connectivity index (χ1v) is 9.01. The van der Waals surface area contributed by atoms with Crippen LogP contribution < -0.4 is 5.32 Å². The van der Waals surface area contributed by atoms with Gasteiger partial charge in [-0.2, -0.15) is 5.26 Å². The van der Waals surface area contributed by atoms with Crippen LogP contribution in [0.3, 0.4) is 0 Å². The minimum absolute atomic E-state index is 0.592. The lowest BCUT2D eigenvalue weighted by molar-refractivity contribution is 0.167. The van der Waals surface area contributed by atoms with Crippen molar-refractivity contribution in [2.24, 2.45) is 5.92 Å². The van der Waals surface area contributed by atoms with E-state index in [2.05, 4.69) is 21.3 Å². The third-order valence-electron chi connectivity index (χ3n) is 4.82. The molecule has 1 aromatic heterocycles. The highest BCUT2D eigenvalue weighted by Crippen LogP contribution is 2.23. The summed E-state index contributed by atoms with van der Waals surface area (Å²) in [4.78, 5) is 6.85. The number of benzene rings is 1. The van der Waals surface area contributed by atoms with Crippen molar-refractivity contribution < 1.29 is 4.42 Å². The number of hydrogen-bond donors (Lipinski definition) is 1.